The first-order valence-corrected chi connectivity index (χ1v) is 8.16. The molecule has 1 unspecified atom stereocenters. The van der Waals surface area contributed by atoms with E-state index in [0.29, 0.717) is 5.92 Å². The number of hydrogen-bond donors (Lipinski definition) is 1. The lowest BCUT2D eigenvalue weighted by Crippen LogP contribution is -2.33. The van der Waals surface area contributed by atoms with Crippen LogP contribution in [-0.2, 0) is 11.0 Å². The summed E-state index contributed by atoms with van der Waals surface area (Å²) < 4.78 is 12.0. The van der Waals surface area contributed by atoms with Gasteiger partial charge in [-0.2, -0.15) is 0 Å². The summed E-state index contributed by atoms with van der Waals surface area (Å²) in [5.74, 6) is 0.301. The third kappa shape index (κ3) is 4.44. The van der Waals surface area contributed by atoms with Crippen LogP contribution in [0.4, 0.5) is 0 Å². The Balaban J connectivity index is 2.93. The number of nitrogens with zero attached hydrogens (tertiary/aromatic N) is 1. The molecule has 0 aromatic carbocycles. The zero-order valence-corrected chi connectivity index (χ0v) is 13.6. The monoisotopic (exact) mass is 332 g/mol. The van der Waals surface area contributed by atoms with Crippen LogP contribution in [-0.4, -0.2) is 13.9 Å². The van der Waals surface area contributed by atoms with Gasteiger partial charge in [0.15, 0.2) is 0 Å². The number of nitrogens with two attached hydrogens (primary N) is 1. The van der Waals surface area contributed by atoms with Gasteiger partial charge in [-0.3, -0.25) is 5.14 Å². The number of hydrogen-bond acceptors (Lipinski definition) is 2. The Bertz CT molecular complexity index is 423. The third-order valence-corrected chi connectivity index (χ3v) is 4.77. The Morgan fingerprint density at radius 1 is 1.50 bits per heavy atom. The van der Waals surface area contributed by atoms with E-state index in [1.54, 1.807) is 0 Å². The number of aromatic nitrogens is 1. The van der Waals surface area contributed by atoms with Gasteiger partial charge in [0.25, 0.3) is 0 Å². The van der Waals surface area contributed by atoms with E-state index < -0.39 is 11.0 Å². The van der Waals surface area contributed by atoms with Gasteiger partial charge in [-0.1, -0.05) is 19.4 Å². The van der Waals surface area contributed by atoms with Crippen molar-refractivity contribution in [2.45, 2.75) is 50.7 Å². The molecule has 2 atom stereocenters. The van der Waals surface area contributed by atoms with Crippen molar-refractivity contribution in [1.82, 2.24) is 4.98 Å². The summed E-state index contributed by atoms with van der Waals surface area (Å²) in [7, 11) is -1.32. The van der Waals surface area contributed by atoms with Gasteiger partial charge < -0.3 is 0 Å². The molecule has 0 saturated carbocycles. The molecule has 1 heterocycles. The van der Waals surface area contributed by atoms with Crippen LogP contribution in [0.1, 0.15) is 51.6 Å². The fourth-order valence-corrected chi connectivity index (χ4v) is 2.75. The summed E-state index contributed by atoms with van der Waals surface area (Å²) in [4.78, 5) is 4.51. The molecule has 2 N–H and O–H groups in total. The molecule has 1 aromatic heterocycles. The molecule has 0 aliphatic rings. The molecular weight excluding hydrogens is 312 g/mol. The molecular formula is C13H21BrN2OS. The lowest BCUT2D eigenvalue weighted by molar-refractivity contribution is 0.481. The van der Waals surface area contributed by atoms with Gasteiger partial charge in [0.1, 0.15) is 4.60 Å². The molecule has 0 amide bonds. The van der Waals surface area contributed by atoms with Crippen molar-refractivity contribution < 1.29 is 4.21 Å². The minimum absolute atomic E-state index is 0.301. The maximum absolute atomic E-state index is 11.6. The smallest absolute Gasteiger partial charge is 0.106 e. The SMILES string of the molecule is CCC[C@H](CC(C)(C)S(N)=O)c1cccc(Br)n1. The highest BCUT2D eigenvalue weighted by molar-refractivity contribution is 9.10. The van der Waals surface area contributed by atoms with Gasteiger partial charge in [0.2, 0.25) is 0 Å². The summed E-state index contributed by atoms with van der Waals surface area (Å²) in [5, 5.41) is 5.57. The first-order chi connectivity index (χ1) is 8.36. The van der Waals surface area contributed by atoms with Gasteiger partial charge in [-0.15, -0.1) is 0 Å². The van der Waals surface area contributed by atoms with Crippen LogP contribution in [0.15, 0.2) is 22.8 Å². The van der Waals surface area contributed by atoms with E-state index in [-0.39, 0.29) is 4.75 Å². The quantitative estimate of drug-likeness (QED) is 0.810. The van der Waals surface area contributed by atoms with Crippen LogP contribution in [0.5, 0.6) is 0 Å². The Labute approximate surface area is 120 Å². The third-order valence-electron chi connectivity index (χ3n) is 3.07. The van der Waals surface area contributed by atoms with Gasteiger partial charge in [0.05, 0.1) is 15.7 Å². The summed E-state index contributed by atoms with van der Waals surface area (Å²) in [6.45, 7) is 6.05. The summed E-state index contributed by atoms with van der Waals surface area (Å²) in [6.07, 6.45) is 2.89. The highest BCUT2D eigenvalue weighted by Gasteiger charge is 2.28. The average Bonchev–Trinajstić information content (AvgIpc) is 2.28. The minimum atomic E-state index is -1.32. The van der Waals surface area contributed by atoms with Crippen molar-refractivity contribution in [3.8, 4) is 0 Å². The van der Waals surface area contributed by atoms with E-state index in [4.69, 9.17) is 5.14 Å². The van der Waals surface area contributed by atoms with Crippen LogP contribution in [0.25, 0.3) is 0 Å². The second-order valence-corrected chi connectivity index (χ2v) is 7.64. The minimum Gasteiger partial charge on any atom is -0.251 e. The molecule has 0 radical (unpaired) electrons. The molecule has 3 nitrogen and oxygen atoms in total. The molecule has 0 bridgehead atoms. The highest BCUT2D eigenvalue weighted by atomic mass is 79.9. The normalized spacial score (nSPS) is 15.4. The van der Waals surface area contributed by atoms with Crippen LogP contribution in [0.2, 0.25) is 0 Å². The predicted octanol–water partition coefficient (Wildman–Crippen LogP) is 3.52. The Morgan fingerprint density at radius 3 is 2.67 bits per heavy atom. The van der Waals surface area contributed by atoms with Crippen molar-refractivity contribution >= 4 is 26.9 Å². The molecule has 0 saturated heterocycles. The first-order valence-electron chi connectivity index (χ1n) is 6.15. The van der Waals surface area contributed by atoms with E-state index in [0.717, 1.165) is 29.6 Å². The molecule has 5 heteroatoms. The van der Waals surface area contributed by atoms with Crippen LogP contribution < -0.4 is 5.14 Å². The molecule has 0 spiro atoms. The summed E-state index contributed by atoms with van der Waals surface area (Å²) in [6, 6.07) is 5.93. The van der Waals surface area contributed by atoms with E-state index in [2.05, 4.69) is 27.8 Å². The summed E-state index contributed by atoms with van der Waals surface area (Å²) >= 11 is 3.39. The second-order valence-electron chi connectivity index (χ2n) is 5.13. The van der Waals surface area contributed by atoms with Gasteiger partial charge >= 0.3 is 0 Å². The maximum atomic E-state index is 11.6. The lowest BCUT2D eigenvalue weighted by Gasteiger charge is -2.27. The Hall–Kier alpha value is -0.260. The predicted molar refractivity (Wildman–Crippen MR) is 80.6 cm³/mol. The van der Waals surface area contributed by atoms with Crippen molar-refractivity contribution in [2.75, 3.05) is 0 Å². The number of rotatable bonds is 6. The highest BCUT2D eigenvalue weighted by Crippen LogP contribution is 2.31. The number of halogens is 1. The van der Waals surface area contributed by atoms with Crippen molar-refractivity contribution in [3.05, 3.63) is 28.5 Å². The molecule has 0 fully saturated rings. The fraction of sp³-hybridized carbons (Fsp3) is 0.615. The lowest BCUT2D eigenvalue weighted by atomic mass is 9.89. The number of pyridine rings is 1. The van der Waals surface area contributed by atoms with Crippen molar-refractivity contribution in [2.24, 2.45) is 5.14 Å². The Kier molecular flexibility index (Phi) is 5.95. The van der Waals surface area contributed by atoms with Crippen LogP contribution in [0.3, 0.4) is 0 Å². The molecule has 1 rings (SSSR count). The molecule has 18 heavy (non-hydrogen) atoms. The van der Waals surface area contributed by atoms with E-state index in [1.807, 2.05) is 32.0 Å². The van der Waals surface area contributed by atoms with Crippen LogP contribution in [0, 0.1) is 0 Å². The second kappa shape index (κ2) is 6.78. The van der Waals surface area contributed by atoms with Crippen molar-refractivity contribution in [1.29, 1.82) is 0 Å². The Morgan fingerprint density at radius 2 is 2.17 bits per heavy atom. The maximum Gasteiger partial charge on any atom is 0.106 e. The first kappa shape index (κ1) is 15.8. The zero-order valence-electron chi connectivity index (χ0n) is 11.1. The van der Waals surface area contributed by atoms with Gasteiger partial charge in [0, 0.05) is 11.6 Å². The van der Waals surface area contributed by atoms with E-state index in [1.165, 1.54) is 0 Å². The summed E-state index contributed by atoms with van der Waals surface area (Å²) in [5.41, 5.74) is 1.05. The van der Waals surface area contributed by atoms with Gasteiger partial charge in [-0.05, 0) is 54.8 Å². The topological polar surface area (TPSA) is 56.0 Å². The molecule has 0 aliphatic heterocycles. The average molecular weight is 333 g/mol. The molecule has 0 aliphatic carbocycles. The fourth-order valence-electron chi connectivity index (χ4n) is 2.03. The standard InChI is InChI=1S/C13H21BrN2OS/c1-4-6-10(9-13(2,3)18(15)17)11-7-5-8-12(14)16-11/h5,7-8,10H,4,6,9,15H2,1-3H3/t10-,18?/m1/s1. The molecule has 102 valence electrons. The van der Waals surface area contributed by atoms with Crippen LogP contribution >= 0.6 is 15.9 Å². The van der Waals surface area contributed by atoms with Crippen molar-refractivity contribution in [3.63, 3.8) is 0 Å². The zero-order chi connectivity index (χ0) is 13.8. The van der Waals surface area contributed by atoms with Gasteiger partial charge in [-0.25, -0.2) is 9.19 Å². The molecule has 1 aromatic rings. The van der Waals surface area contributed by atoms with E-state index >= 15 is 0 Å². The van der Waals surface area contributed by atoms with E-state index in [9.17, 15) is 4.21 Å². The largest absolute Gasteiger partial charge is 0.251 e.